The number of aromatic hydroxyl groups is 4. The Morgan fingerprint density at radius 2 is 0.868 bits per heavy atom. The number of amides is 2. The number of carbonyl (C=O) groups is 2. The number of unbranched alkanes of at least 4 members (excludes halogenated alkanes) is 6. The van der Waals surface area contributed by atoms with E-state index < -0.39 is 0 Å². The second-order valence-electron chi connectivity index (χ2n) is 9.96. The summed E-state index contributed by atoms with van der Waals surface area (Å²) in [6.45, 7) is 4.95. The van der Waals surface area contributed by atoms with Gasteiger partial charge in [-0.3, -0.25) is 9.59 Å². The average Bonchev–Trinajstić information content (AvgIpc) is 3.29. The molecule has 2 aliphatic heterocycles. The summed E-state index contributed by atoms with van der Waals surface area (Å²) in [6, 6.07) is 8.15. The summed E-state index contributed by atoms with van der Waals surface area (Å²) in [6.07, 6.45) is 7.38. The van der Waals surface area contributed by atoms with Crippen LogP contribution in [0.25, 0.3) is 11.4 Å². The average molecular weight is 521 g/mol. The largest absolute Gasteiger partial charge is 0.508 e. The van der Waals surface area contributed by atoms with E-state index in [2.05, 4.69) is 13.8 Å². The van der Waals surface area contributed by atoms with Gasteiger partial charge in [0, 0.05) is 36.3 Å². The molecule has 2 amide bonds. The minimum Gasteiger partial charge on any atom is -0.508 e. The summed E-state index contributed by atoms with van der Waals surface area (Å²) in [7, 11) is 0. The Kier molecular flexibility index (Phi) is 8.29. The molecule has 0 fully saturated rings. The van der Waals surface area contributed by atoms with Crippen LogP contribution < -0.4 is 0 Å². The zero-order chi connectivity index (χ0) is 27.4. The standard InChI is InChI=1S/C30H36N2O6/c1-3-5-7-9-11-31-27(19-13-21(33)17-22(34)14-19)25-26(29(31)37)28(20-15-23(35)18-24(36)16-20)32(30(25)38)12-10-8-6-4-2/h13-18,33-36H,3-12H2,1-2H3. The molecule has 0 radical (unpaired) electrons. The summed E-state index contributed by atoms with van der Waals surface area (Å²) >= 11 is 0. The lowest BCUT2D eigenvalue weighted by Crippen LogP contribution is -2.31. The van der Waals surface area contributed by atoms with Crippen molar-refractivity contribution in [3.05, 3.63) is 58.7 Å². The van der Waals surface area contributed by atoms with Crippen LogP contribution in [-0.2, 0) is 9.59 Å². The van der Waals surface area contributed by atoms with Crippen LogP contribution in [0.3, 0.4) is 0 Å². The maximum atomic E-state index is 14.0. The van der Waals surface area contributed by atoms with Gasteiger partial charge in [0.05, 0.1) is 22.5 Å². The zero-order valence-corrected chi connectivity index (χ0v) is 22.0. The molecule has 0 saturated carbocycles. The molecule has 2 aliphatic rings. The van der Waals surface area contributed by atoms with E-state index in [9.17, 15) is 30.0 Å². The Morgan fingerprint density at radius 3 is 1.18 bits per heavy atom. The first-order chi connectivity index (χ1) is 18.3. The molecule has 0 aliphatic carbocycles. The van der Waals surface area contributed by atoms with Crippen molar-refractivity contribution in [2.45, 2.75) is 65.2 Å². The SMILES string of the molecule is CCCCCCN1C(=O)C2=C(c3cc(O)cc(O)c3)N(CCCCCC)C(=O)C2=C1c1cc(O)cc(O)c1. The van der Waals surface area contributed by atoms with Crippen molar-refractivity contribution < 1.29 is 30.0 Å². The number of rotatable bonds is 12. The third kappa shape index (κ3) is 5.35. The lowest BCUT2D eigenvalue weighted by atomic mass is 10.0. The van der Waals surface area contributed by atoms with Crippen molar-refractivity contribution in [1.29, 1.82) is 0 Å². The molecular formula is C30H36N2O6. The molecule has 0 atom stereocenters. The molecule has 4 N–H and O–H groups in total. The highest BCUT2D eigenvalue weighted by Crippen LogP contribution is 2.48. The first-order valence-corrected chi connectivity index (χ1v) is 13.5. The molecular weight excluding hydrogens is 484 g/mol. The van der Waals surface area contributed by atoms with Crippen LogP contribution in [0.2, 0.25) is 0 Å². The van der Waals surface area contributed by atoms with Crippen LogP contribution in [-0.4, -0.2) is 55.1 Å². The molecule has 202 valence electrons. The topological polar surface area (TPSA) is 122 Å². The fraction of sp³-hybridized carbons (Fsp3) is 0.400. The van der Waals surface area contributed by atoms with Crippen molar-refractivity contribution in [2.24, 2.45) is 0 Å². The monoisotopic (exact) mass is 520 g/mol. The summed E-state index contributed by atoms with van der Waals surface area (Å²) in [5.74, 6) is -1.41. The first kappa shape index (κ1) is 27.1. The molecule has 0 unspecified atom stereocenters. The van der Waals surface area contributed by atoms with Crippen molar-refractivity contribution in [3.63, 3.8) is 0 Å². The molecule has 4 rings (SSSR count). The third-order valence-corrected chi connectivity index (χ3v) is 7.00. The lowest BCUT2D eigenvalue weighted by Gasteiger charge is -2.25. The molecule has 0 saturated heterocycles. The minimum atomic E-state index is -0.350. The van der Waals surface area contributed by atoms with Gasteiger partial charge in [-0.15, -0.1) is 0 Å². The molecule has 8 nitrogen and oxygen atoms in total. The Morgan fingerprint density at radius 1 is 0.526 bits per heavy atom. The predicted molar refractivity (Wildman–Crippen MR) is 145 cm³/mol. The fourth-order valence-electron chi connectivity index (χ4n) is 5.28. The fourth-order valence-corrected chi connectivity index (χ4v) is 5.28. The van der Waals surface area contributed by atoms with Gasteiger partial charge in [-0.25, -0.2) is 0 Å². The van der Waals surface area contributed by atoms with Gasteiger partial charge in [-0.05, 0) is 37.1 Å². The Hall–Kier alpha value is -3.94. The third-order valence-electron chi connectivity index (χ3n) is 7.00. The van der Waals surface area contributed by atoms with Gasteiger partial charge in [0.25, 0.3) is 11.8 Å². The van der Waals surface area contributed by atoms with E-state index >= 15 is 0 Å². The highest BCUT2D eigenvalue weighted by Gasteiger charge is 2.48. The highest BCUT2D eigenvalue weighted by atomic mass is 16.3. The normalized spacial score (nSPS) is 15.3. The Bertz CT molecular complexity index is 1160. The van der Waals surface area contributed by atoms with Gasteiger partial charge in [-0.1, -0.05) is 52.4 Å². The van der Waals surface area contributed by atoms with Crippen LogP contribution in [0.4, 0.5) is 0 Å². The molecule has 0 aromatic heterocycles. The molecule has 2 heterocycles. The summed E-state index contributed by atoms with van der Waals surface area (Å²) < 4.78 is 0. The molecule has 2 aromatic rings. The number of nitrogens with zero attached hydrogens (tertiary/aromatic N) is 2. The first-order valence-electron chi connectivity index (χ1n) is 13.5. The number of phenolic OH excluding ortho intramolecular Hbond substituents is 4. The lowest BCUT2D eigenvalue weighted by molar-refractivity contribution is -0.124. The van der Waals surface area contributed by atoms with Gasteiger partial charge in [0.1, 0.15) is 23.0 Å². The van der Waals surface area contributed by atoms with E-state index in [1.807, 2.05) is 0 Å². The van der Waals surface area contributed by atoms with Crippen LogP contribution in [0, 0.1) is 0 Å². The number of hydrogen-bond donors (Lipinski definition) is 4. The van der Waals surface area contributed by atoms with Crippen molar-refractivity contribution in [2.75, 3.05) is 13.1 Å². The predicted octanol–water partition coefficient (Wildman–Crippen LogP) is 5.48. The Labute approximate surface area is 223 Å². The molecule has 8 heteroatoms. The van der Waals surface area contributed by atoms with E-state index in [0.29, 0.717) is 35.6 Å². The second-order valence-corrected chi connectivity index (χ2v) is 9.96. The van der Waals surface area contributed by atoms with Gasteiger partial charge in [-0.2, -0.15) is 0 Å². The van der Waals surface area contributed by atoms with E-state index in [-0.39, 0.29) is 46.0 Å². The van der Waals surface area contributed by atoms with Gasteiger partial charge in [0.2, 0.25) is 0 Å². The maximum Gasteiger partial charge on any atom is 0.261 e. The van der Waals surface area contributed by atoms with Crippen LogP contribution in [0.1, 0.15) is 76.3 Å². The maximum absolute atomic E-state index is 14.0. The van der Waals surface area contributed by atoms with Crippen LogP contribution in [0.15, 0.2) is 47.5 Å². The number of phenols is 4. The van der Waals surface area contributed by atoms with Crippen LogP contribution >= 0.6 is 0 Å². The second kappa shape index (κ2) is 11.6. The van der Waals surface area contributed by atoms with E-state index in [0.717, 1.165) is 51.4 Å². The molecule has 2 aromatic carbocycles. The van der Waals surface area contributed by atoms with Gasteiger partial charge < -0.3 is 30.2 Å². The van der Waals surface area contributed by atoms with Crippen molar-refractivity contribution in [3.8, 4) is 23.0 Å². The van der Waals surface area contributed by atoms with Gasteiger partial charge >= 0.3 is 0 Å². The van der Waals surface area contributed by atoms with E-state index in [4.69, 9.17) is 0 Å². The van der Waals surface area contributed by atoms with Crippen molar-refractivity contribution >= 4 is 23.2 Å². The molecule has 38 heavy (non-hydrogen) atoms. The Balaban J connectivity index is 1.90. The smallest absolute Gasteiger partial charge is 0.261 e. The van der Waals surface area contributed by atoms with Crippen LogP contribution in [0.5, 0.6) is 23.0 Å². The van der Waals surface area contributed by atoms with Gasteiger partial charge in [0.15, 0.2) is 0 Å². The van der Waals surface area contributed by atoms with E-state index in [1.54, 1.807) is 9.80 Å². The number of carbonyl (C=O) groups excluding carboxylic acids is 2. The van der Waals surface area contributed by atoms with Crippen molar-refractivity contribution in [1.82, 2.24) is 9.80 Å². The molecule has 0 spiro atoms. The minimum absolute atomic E-state index is 0.177. The van der Waals surface area contributed by atoms with E-state index in [1.165, 1.54) is 36.4 Å². The summed E-state index contributed by atoms with van der Waals surface area (Å²) in [5, 5.41) is 40.9. The summed E-state index contributed by atoms with van der Waals surface area (Å²) in [4.78, 5) is 31.2. The number of hydrogen-bond acceptors (Lipinski definition) is 6. The quantitative estimate of drug-likeness (QED) is 0.275. The number of benzene rings is 2. The summed E-state index contributed by atoms with van der Waals surface area (Å²) in [5.41, 5.74) is 1.88. The zero-order valence-electron chi connectivity index (χ0n) is 22.0. The highest BCUT2D eigenvalue weighted by molar-refractivity contribution is 6.30. The number of fused-ring (bicyclic) bond motifs is 1. The molecule has 0 bridgehead atoms.